The Morgan fingerprint density at radius 3 is 2.56 bits per heavy atom. The summed E-state index contributed by atoms with van der Waals surface area (Å²) < 4.78 is 2.13. The van der Waals surface area contributed by atoms with E-state index in [1.54, 1.807) is 5.38 Å². The number of aromatic nitrogens is 3. The van der Waals surface area contributed by atoms with Crippen molar-refractivity contribution in [3.63, 3.8) is 0 Å². The summed E-state index contributed by atoms with van der Waals surface area (Å²) in [6, 6.07) is 17.6. The summed E-state index contributed by atoms with van der Waals surface area (Å²) in [6.45, 7) is 5.78. The molecule has 36 heavy (non-hydrogen) atoms. The van der Waals surface area contributed by atoms with Gasteiger partial charge in [-0.05, 0) is 36.6 Å². The molecule has 2 aromatic carbocycles. The van der Waals surface area contributed by atoms with E-state index < -0.39 is 0 Å². The van der Waals surface area contributed by atoms with E-state index in [2.05, 4.69) is 35.5 Å². The lowest BCUT2D eigenvalue weighted by Gasteiger charge is -2.34. The van der Waals surface area contributed by atoms with Gasteiger partial charge in [-0.25, -0.2) is 9.97 Å². The minimum Gasteiger partial charge on any atom is -0.375 e. The van der Waals surface area contributed by atoms with Crippen LogP contribution in [0.15, 0.2) is 66.2 Å². The Bertz CT molecular complexity index is 1300. The normalized spacial score (nSPS) is 12.1. The number of nitrogen functional groups attached to an aromatic ring is 1. The Hall–Kier alpha value is -3.20. The van der Waals surface area contributed by atoms with Gasteiger partial charge >= 0.3 is 0 Å². The molecular weight excluding hydrogens is 492 g/mol. The predicted molar refractivity (Wildman–Crippen MR) is 147 cm³/mol. The van der Waals surface area contributed by atoms with Gasteiger partial charge in [0.25, 0.3) is 5.91 Å². The van der Waals surface area contributed by atoms with Crippen LogP contribution in [-0.2, 0) is 6.54 Å². The van der Waals surface area contributed by atoms with Crippen LogP contribution in [0.5, 0.6) is 0 Å². The second kappa shape index (κ2) is 11.7. The molecule has 0 bridgehead atoms. The first-order valence-corrected chi connectivity index (χ1v) is 13.2. The zero-order valence-electron chi connectivity index (χ0n) is 20.5. The molecule has 2 aromatic heterocycles. The Morgan fingerprint density at radius 2 is 1.92 bits per heavy atom. The van der Waals surface area contributed by atoms with Gasteiger partial charge in [-0.3, -0.25) is 4.79 Å². The van der Waals surface area contributed by atoms with E-state index in [4.69, 9.17) is 28.1 Å². The van der Waals surface area contributed by atoms with Gasteiger partial charge in [-0.2, -0.15) is 0 Å². The Morgan fingerprint density at radius 1 is 1.14 bits per heavy atom. The molecule has 0 saturated heterocycles. The van der Waals surface area contributed by atoms with Gasteiger partial charge in [0.2, 0.25) is 0 Å². The number of nitrogens with two attached hydrogens (primary N) is 2. The predicted octanol–water partition coefficient (Wildman–Crippen LogP) is 5.48. The van der Waals surface area contributed by atoms with E-state index in [0.29, 0.717) is 41.9 Å². The number of imidazole rings is 1. The highest BCUT2D eigenvalue weighted by atomic mass is 35.5. The number of anilines is 1. The lowest BCUT2D eigenvalue weighted by Crippen LogP contribution is -2.40. The second-order valence-corrected chi connectivity index (χ2v) is 10.3. The highest BCUT2D eigenvalue weighted by Crippen LogP contribution is 2.33. The van der Waals surface area contributed by atoms with Gasteiger partial charge in [-0.15, -0.1) is 11.3 Å². The van der Waals surface area contributed by atoms with Crippen LogP contribution >= 0.6 is 22.9 Å². The molecule has 188 valence electrons. The maximum Gasteiger partial charge on any atom is 0.274 e. The Labute approximate surface area is 220 Å². The number of amides is 1. The molecule has 1 amide bonds. The summed E-state index contributed by atoms with van der Waals surface area (Å²) >= 11 is 7.55. The van der Waals surface area contributed by atoms with Crippen molar-refractivity contribution in [1.82, 2.24) is 19.4 Å². The van der Waals surface area contributed by atoms with Crippen molar-refractivity contribution < 1.29 is 4.79 Å². The monoisotopic (exact) mass is 522 g/mol. The number of carbonyl (C=O) groups is 1. The summed E-state index contributed by atoms with van der Waals surface area (Å²) in [5.74, 6) is 0.706. The molecule has 9 heteroatoms. The Kier molecular flexibility index (Phi) is 8.40. The molecule has 1 atom stereocenters. The van der Waals surface area contributed by atoms with E-state index in [9.17, 15) is 4.79 Å². The number of carbonyl (C=O) groups excluding carboxylic acids is 1. The summed E-state index contributed by atoms with van der Waals surface area (Å²) in [4.78, 5) is 24.9. The third-order valence-corrected chi connectivity index (χ3v) is 6.87. The van der Waals surface area contributed by atoms with Gasteiger partial charge in [-0.1, -0.05) is 67.9 Å². The maximum atomic E-state index is 13.7. The van der Waals surface area contributed by atoms with E-state index in [0.717, 1.165) is 22.6 Å². The molecule has 4 N–H and O–H groups in total. The van der Waals surface area contributed by atoms with E-state index in [1.807, 2.05) is 53.6 Å². The number of nitrogens with zero attached hydrogens (tertiary/aromatic N) is 4. The fourth-order valence-corrected chi connectivity index (χ4v) is 5.05. The zero-order chi connectivity index (χ0) is 25.7. The third-order valence-electron chi connectivity index (χ3n) is 5.96. The molecular formula is C27H31ClN6OS. The number of thiazole rings is 1. The maximum absolute atomic E-state index is 13.7. The molecule has 7 nitrogen and oxygen atoms in total. The van der Waals surface area contributed by atoms with Gasteiger partial charge < -0.3 is 20.9 Å². The fraction of sp³-hybridized carbons (Fsp3) is 0.296. The van der Waals surface area contributed by atoms with Crippen LogP contribution in [-0.4, -0.2) is 38.4 Å². The van der Waals surface area contributed by atoms with Crippen molar-refractivity contribution in [1.29, 1.82) is 0 Å². The zero-order valence-corrected chi connectivity index (χ0v) is 22.0. The standard InChI is InChI=1S/C27H31ClN6OS/c1-18(2)24(34(13-7-12-29)26(35)23-17-36-27(30)32-23)25-31-22(20-10-6-11-21(28)14-20)16-33(25)15-19-8-4-3-5-9-19/h3-6,8-11,14,16-18,24H,7,12-13,15,29H2,1-2H3,(H2,30,32)/t24-/m1/s1. The summed E-state index contributed by atoms with van der Waals surface area (Å²) in [5.41, 5.74) is 14.9. The van der Waals surface area contributed by atoms with Crippen molar-refractivity contribution in [3.8, 4) is 11.3 Å². The van der Waals surface area contributed by atoms with Crippen LogP contribution in [0.25, 0.3) is 11.3 Å². The molecule has 2 heterocycles. The van der Waals surface area contributed by atoms with E-state index in [-0.39, 0.29) is 17.9 Å². The lowest BCUT2D eigenvalue weighted by molar-refractivity contribution is 0.0599. The lowest BCUT2D eigenvalue weighted by atomic mass is 10.00. The molecule has 4 rings (SSSR count). The first kappa shape index (κ1) is 25.9. The molecule has 0 fully saturated rings. The van der Waals surface area contributed by atoms with Gasteiger partial charge in [0, 0.05) is 35.3 Å². The highest BCUT2D eigenvalue weighted by Gasteiger charge is 2.33. The average molecular weight is 523 g/mol. The first-order chi connectivity index (χ1) is 17.4. The quantitative estimate of drug-likeness (QED) is 0.287. The number of rotatable bonds is 10. The van der Waals surface area contributed by atoms with Gasteiger partial charge in [0.1, 0.15) is 11.5 Å². The molecule has 0 radical (unpaired) electrons. The summed E-state index contributed by atoms with van der Waals surface area (Å²) in [7, 11) is 0. The molecule has 0 aliphatic rings. The van der Waals surface area contributed by atoms with Crippen LogP contribution in [0.2, 0.25) is 5.02 Å². The van der Waals surface area contributed by atoms with Crippen LogP contribution in [0.1, 0.15) is 48.2 Å². The topological polar surface area (TPSA) is 103 Å². The molecule has 4 aromatic rings. The molecule has 0 aliphatic carbocycles. The van der Waals surface area contributed by atoms with Crippen LogP contribution in [0.4, 0.5) is 5.13 Å². The first-order valence-electron chi connectivity index (χ1n) is 12.0. The number of hydrogen-bond acceptors (Lipinski definition) is 6. The molecule has 0 unspecified atom stereocenters. The largest absolute Gasteiger partial charge is 0.375 e. The fourth-order valence-electron chi connectivity index (χ4n) is 4.32. The van der Waals surface area contributed by atoms with Gasteiger partial charge in [0.05, 0.1) is 11.7 Å². The summed E-state index contributed by atoms with van der Waals surface area (Å²) in [6.07, 6.45) is 2.70. The van der Waals surface area contributed by atoms with Crippen LogP contribution in [0, 0.1) is 5.92 Å². The van der Waals surface area contributed by atoms with Crippen molar-refractivity contribution in [3.05, 3.63) is 88.3 Å². The summed E-state index contributed by atoms with van der Waals surface area (Å²) in [5, 5.41) is 2.72. The van der Waals surface area contributed by atoms with Crippen LogP contribution in [0.3, 0.4) is 0 Å². The minimum atomic E-state index is -0.302. The molecule has 0 spiro atoms. The number of halogens is 1. The number of hydrogen-bond donors (Lipinski definition) is 2. The van der Waals surface area contributed by atoms with Crippen molar-refractivity contribution in [2.24, 2.45) is 11.7 Å². The van der Waals surface area contributed by atoms with Crippen molar-refractivity contribution in [2.75, 3.05) is 18.8 Å². The SMILES string of the molecule is CC(C)[C@H](c1nc(-c2cccc(Cl)c2)cn1Cc1ccccc1)N(CCCN)C(=O)c1csc(N)n1. The van der Waals surface area contributed by atoms with Crippen LogP contribution < -0.4 is 11.5 Å². The smallest absolute Gasteiger partial charge is 0.274 e. The van der Waals surface area contributed by atoms with Gasteiger partial charge in [0.15, 0.2) is 5.13 Å². The number of benzene rings is 2. The third kappa shape index (κ3) is 5.95. The van der Waals surface area contributed by atoms with E-state index in [1.165, 1.54) is 11.3 Å². The van der Waals surface area contributed by atoms with Crippen molar-refractivity contribution in [2.45, 2.75) is 32.9 Å². The second-order valence-electron chi connectivity index (χ2n) is 9.01. The highest BCUT2D eigenvalue weighted by molar-refractivity contribution is 7.13. The average Bonchev–Trinajstić information content (AvgIpc) is 3.48. The Balaban J connectivity index is 1.82. The minimum absolute atomic E-state index is 0.0758. The molecule has 0 saturated carbocycles. The molecule has 0 aliphatic heterocycles. The van der Waals surface area contributed by atoms with Crippen molar-refractivity contribution >= 4 is 34.0 Å². The van der Waals surface area contributed by atoms with E-state index >= 15 is 0 Å².